The summed E-state index contributed by atoms with van der Waals surface area (Å²) in [5.41, 5.74) is 1.23. The molecule has 0 radical (unpaired) electrons. The molecule has 1 fully saturated rings. The van der Waals surface area contributed by atoms with Gasteiger partial charge in [0.25, 0.3) is 5.91 Å². The van der Waals surface area contributed by atoms with Crippen molar-refractivity contribution in [2.24, 2.45) is 0 Å². The summed E-state index contributed by atoms with van der Waals surface area (Å²) in [5, 5.41) is 6.49. The number of aromatic nitrogens is 2. The third-order valence-electron chi connectivity index (χ3n) is 4.57. The van der Waals surface area contributed by atoms with Crippen molar-refractivity contribution >= 4 is 35.1 Å². The van der Waals surface area contributed by atoms with Gasteiger partial charge in [-0.3, -0.25) is 9.59 Å². The fourth-order valence-corrected chi connectivity index (χ4v) is 3.16. The quantitative estimate of drug-likeness (QED) is 0.658. The molecule has 2 N–H and O–H groups in total. The van der Waals surface area contributed by atoms with Gasteiger partial charge in [-0.25, -0.2) is 9.97 Å². The van der Waals surface area contributed by atoms with Crippen LogP contribution in [-0.2, 0) is 4.79 Å². The molecule has 1 aromatic heterocycles. The first kappa shape index (κ1) is 21.7. The van der Waals surface area contributed by atoms with E-state index in [2.05, 4.69) is 20.6 Å². The summed E-state index contributed by atoms with van der Waals surface area (Å²) in [7, 11) is 3.87. The van der Waals surface area contributed by atoms with Gasteiger partial charge in [-0.2, -0.15) is 0 Å². The van der Waals surface area contributed by atoms with Crippen LogP contribution in [0.1, 0.15) is 16.8 Å². The maximum Gasteiger partial charge on any atom is 0.253 e. The van der Waals surface area contributed by atoms with Gasteiger partial charge in [0.15, 0.2) is 0 Å². The fraction of sp³-hybridized carbons (Fsp3) is 0.333. The van der Waals surface area contributed by atoms with Crippen molar-refractivity contribution in [1.29, 1.82) is 0 Å². The molecule has 1 aliphatic heterocycles. The Labute approximate surface area is 180 Å². The zero-order valence-corrected chi connectivity index (χ0v) is 17.8. The number of amides is 2. The number of halogens is 1. The van der Waals surface area contributed by atoms with Crippen LogP contribution in [0.4, 0.5) is 11.6 Å². The van der Waals surface area contributed by atoms with Gasteiger partial charge in [0, 0.05) is 43.0 Å². The lowest BCUT2D eigenvalue weighted by Gasteiger charge is -2.17. The highest BCUT2D eigenvalue weighted by Crippen LogP contribution is 2.18. The van der Waals surface area contributed by atoms with Crippen molar-refractivity contribution in [3.63, 3.8) is 0 Å². The largest absolute Gasteiger partial charge is 0.350 e. The molecule has 2 amide bonds. The topological polar surface area (TPSA) is 90.5 Å². The van der Waals surface area contributed by atoms with Crippen LogP contribution in [0.5, 0.6) is 0 Å². The summed E-state index contributed by atoms with van der Waals surface area (Å²) >= 11 is 5.80. The van der Waals surface area contributed by atoms with Gasteiger partial charge in [-0.15, -0.1) is 0 Å². The van der Waals surface area contributed by atoms with E-state index in [0.717, 1.165) is 6.42 Å². The van der Waals surface area contributed by atoms with Crippen LogP contribution in [0.25, 0.3) is 0 Å². The number of benzene rings is 1. The van der Waals surface area contributed by atoms with Gasteiger partial charge >= 0.3 is 0 Å². The Morgan fingerprint density at radius 3 is 2.60 bits per heavy atom. The molecule has 0 unspecified atom stereocenters. The molecule has 2 heterocycles. The first-order valence-electron chi connectivity index (χ1n) is 9.66. The third-order valence-corrected chi connectivity index (χ3v) is 4.76. The molecule has 1 saturated heterocycles. The molecule has 30 heavy (non-hydrogen) atoms. The average Bonchev–Trinajstić information content (AvgIpc) is 3.18. The van der Waals surface area contributed by atoms with E-state index in [1.165, 1.54) is 18.5 Å². The number of carbonyl (C=O) groups excluding carboxylic acids is 2. The van der Waals surface area contributed by atoms with Crippen molar-refractivity contribution < 1.29 is 9.59 Å². The molecule has 158 valence electrons. The highest BCUT2D eigenvalue weighted by molar-refractivity contribution is 6.30. The second-order valence-electron chi connectivity index (χ2n) is 7.34. The fourth-order valence-electron chi connectivity index (χ4n) is 3.07. The molecule has 3 rings (SSSR count). The Hall–Kier alpha value is -2.97. The van der Waals surface area contributed by atoms with Crippen molar-refractivity contribution in [2.75, 3.05) is 44.4 Å². The number of likely N-dealkylation sites (N-methyl/N-ethyl adjacent to an activating group) is 1. The van der Waals surface area contributed by atoms with Gasteiger partial charge in [-0.1, -0.05) is 17.7 Å². The second kappa shape index (κ2) is 10.2. The summed E-state index contributed by atoms with van der Waals surface area (Å²) in [6.45, 7) is 1.91. The van der Waals surface area contributed by atoms with Gasteiger partial charge < -0.3 is 20.4 Å². The standard InChI is InChI=1S/C21H25ClN6O2/c1-27(2)10-3-4-19(29)25-17-7-5-15(6-8-17)20(30)28-11-9-18(14-28)26-21-23-12-16(22)13-24-21/h3-8,12-13,18H,9-11,14H2,1-2H3,(H,25,29)(H,23,24,26)/b4-3+/t18-/m1/s1. The minimum atomic E-state index is -0.200. The van der Waals surface area contributed by atoms with Gasteiger partial charge in [0.1, 0.15) is 0 Å². The van der Waals surface area contributed by atoms with Crippen molar-refractivity contribution in [1.82, 2.24) is 19.8 Å². The monoisotopic (exact) mass is 428 g/mol. The summed E-state index contributed by atoms with van der Waals surface area (Å²) in [5.74, 6) is 0.257. The van der Waals surface area contributed by atoms with Gasteiger partial charge in [0.2, 0.25) is 11.9 Å². The van der Waals surface area contributed by atoms with E-state index in [0.29, 0.717) is 41.9 Å². The second-order valence-corrected chi connectivity index (χ2v) is 7.77. The third kappa shape index (κ3) is 6.27. The lowest BCUT2D eigenvalue weighted by Crippen LogP contribution is -2.31. The number of hydrogen-bond donors (Lipinski definition) is 2. The number of nitrogens with one attached hydrogen (secondary N) is 2. The Morgan fingerprint density at radius 1 is 1.23 bits per heavy atom. The van der Waals surface area contributed by atoms with Crippen LogP contribution >= 0.6 is 11.6 Å². The van der Waals surface area contributed by atoms with Crippen LogP contribution in [0.3, 0.4) is 0 Å². The van der Waals surface area contributed by atoms with E-state index in [-0.39, 0.29) is 17.9 Å². The summed E-state index contributed by atoms with van der Waals surface area (Å²) in [6.07, 6.45) is 7.17. The van der Waals surface area contributed by atoms with Crippen LogP contribution < -0.4 is 10.6 Å². The minimum absolute atomic E-state index is 0.0416. The summed E-state index contributed by atoms with van der Waals surface area (Å²) < 4.78 is 0. The van der Waals surface area contributed by atoms with E-state index in [1.807, 2.05) is 19.0 Å². The average molecular weight is 429 g/mol. The first-order chi connectivity index (χ1) is 14.4. The van der Waals surface area contributed by atoms with E-state index >= 15 is 0 Å². The Kier molecular flexibility index (Phi) is 7.37. The maximum absolute atomic E-state index is 12.8. The van der Waals surface area contributed by atoms with Crippen LogP contribution in [0.15, 0.2) is 48.8 Å². The molecule has 9 heteroatoms. The predicted octanol–water partition coefficient (Wildman–Crippen LogP) is 2.51. The molecule has 1 aliphatic rings. The van der Waals surface area contributed by atoms with E-state index in [9.17, 15) is 9.59 Å². The van der Waals surface area contributed by atoms with Crippen molar-refractivity contribution in [2.45, 2.75) is 12.5 Å². The normalized spacial score (nSPS) is 16.3. The SMILES string of the molecule is CN(C)C/C=C/C(=O)Nc1ccc(C(=O)N2CC[C@@H](Nc3ncc(Cl)cn3)C2)cc1. The molecule has 0 saturated carbocycles. The Morgan fingerprint density at radius 2 is 1.93 bits per heavy atom. The lowest BCUT2D eigenvalue weighted by molar-refractivity contribution is -0.111. The molecular weight excluding hydrogens is 404 g/mol. The number of anilines is 2. The number of carbonyl (C=O) groups is 2. The van der Waals surface area contributed by atoms with E-state index < -0.39 is 0 Å². The van der Waals surface area contributed by atoms with Crippen LogP contribution in [0, 0.1) is 0 Å². The molecule has 2 aromatic rings. The minimum Gasteiger partial charge on any atom is -0.350 e. The lowest BCUT2D eigenvalue weighted by atomic mass is 10.2. The number of hydrogen-bond acceptors (Lipinski definition) is 6. The molecular formula is C21H25ClN6O2. The van der Waals surface area contributed by atoms with Crippen LogP contribution in [-0.4, -0.2) is 71.4 Å². The molecule has 0 aliphatic carbocycles. The summed E-state index contributed by atoms with van der Waals surface area (Å²) in [6, 6.07) is 7.01. The van der Waals surface area contributed by atoms with E-state index in [4.69, 9.17) is 11.6 Å². The zero-order valence-electron chi connectivity index (χ0n) is 17.0. The van der Waals surface area contributed by atoms with E-state index in [1.54, 1.807) is 35.2 Å². The molecule has 8 nitrogen and oxygen atoms in total. The Balaban J connectivity index is 1.51. The number of rotatable bonds is 7. The van der Waals surface area contributed by atoms with Gasteiger partial charge in [0.05, 0.1) is 17.4 Å². The number of nitrogens with zero attached hydrogens (tertiary/aromatic N) is 4. The maximum atomic E-state index is 12.8. The molecule has 1 aromatic carbocycles. The molecule has 0 spiro atoms. The highest BCUT2D eigenvalue weighted by atomic mass is 35.5. The zero-order chi connectivity index (χ0) is 21.5. The smallest absolute Gasteiger partial charge is 0.253 e. The number of likely N-dealkylation sites (tertiary alicyclic amines) is 1. The van der Waals surface area contributed by atoms with Crippen molar-refractivity contribution in [3.05, 3.63) is 59.4 Å². The highest BCUT2D eigenvalue weighted by Gasteiger charge is 2.27. The molecule has 0 bridgehead atoms. The molecule has 1 atom stereocenters. The van der Waals surface area contributed by atoms with Crippen molar-refractivity contribution in [3.8, 4) is 0 Å². The van der Waals surface area contributed by atoms with Crippen LogP contribution in [0.2, 0.25) is 5.02 Å². The first-order valence-corrected chi connectivity index (χ1v) is 10.0. The van der Waals surface area contributed by atoms with Gasteiger partial charge in [-0.05, 0) is 44.8 Å². The Bertz CT molecular complexity index is 899. The predicted molar refractivity (Wildman–Crippen MR) is 118 cm³/mol. The summed E-state index contributed by atoms with van der Waals surface area (Å²) in [4.78, 5) is 36.7.